The zero-order chi connectivity index (χ0) is 24.9. The summed E-state index contributed by atoms with van der Waals surface area (Å²) in [6, 6.07) is 3.97. The molecule has 0 aliphatic heterocycles. The van der Waals surface area contributed by atoms with Crippen LogP contribution in [0.15, 0.2) is 91.1 Å². The predicted molar refractivity (Wildman–Crippen MR) is 141 cm³/mol. The molecule has 0 aliphatic carbocycles. The fourth-order valence-electron chi connectivity index (χ4n) is 2.86. The number of hydrogen-bond acceptors (Lipinski definition) is 3. The third-order valence-electron chi connectivity index (χ3n) is 4.65. The van der Waals surface area contributed by atoms with E-state index in [1.807, 2.05) is 12.2 Å². The van der Waals surface area contributed by atoms with Crippen LogP contribution in [0.2, 0.25) is 0 Å². The molecule has 0 fully saturated rings. The standard InChI is InChI=1S/C29H37NO4/c1-2-3-4-5-6-7-8-9-10-11-12-13-14-15-16-17-18-19-20-21-28(32)30-25-22-23-27(31)26(24-25)29(33)34/h3-4,6-7,9-10,12-13,15-16,18-19,22-24,31H,2,5,8,11,14,17,20-21H2,1H3,(H,30,32)(H,33,34). The van der Waals surface area contributed by atoms with E-state index in [4.69, 9.17) is 5.11 Å². The Morgan fingerprint density at radius 1 is 0.765 bits per heavy atom. The van der Waals surface area contributed by atoms with Gasteiger partial charge in [-0.15, -0.1) is 0 Å². The Kier molecular flexibility index (Phi) is 15.8. The van der Waals surface area contributed by atoms with Crippen LogP contribution < -0.4 is 5.32 Å². The van der Waals surface area contributed by atoms with E-state index in [2.05, 4.69) is 73.0 Å². The zero-order valence-corrected chi connectivity index (χ0v) is 20.0. The van der Waals surface area contributed by atoms with E-state index in [0.717, 1.165) is 38.5 Å². The lowest BCUT2D eigenvalue weighted by Gasteiger charge is -2.06. The molecule has 0 atom stereocenters. The number of phenols is 1. The number of carbonyl (C=O) groups is 2. The Morgan fingerprint density at radius 2 is 1.24 bits per heavy atom. The second-order valence-electron chi connectivity index (χ2n) is 7.54. The van der Waals surface area contributed by atoms with Crippen LogP contribution in [-0.4, -0.2) is 22.1 Å². The Bertz CT molecular complexity index is 920. The number of carbonyl (C=O) groups excluding carboxylic acids is 1. The van der Waals surface area contributed by atoms with Crippen LogP contribution in [0.25, 0.3) is 0 Å². The van der Waals surface area contributed by atoms with Crippen molar-refractivity contribution >= 4 is 17.6 Å². The van der Waals surface area contributed by atoms with Gasteiger partial charge < -0.3 is 15.5 Å². The topological polar surface area (TPSA) is 86.6 Å². The normalized spacial score (nSPS) is 12.4. The summed E-state index contributed by atoms with van der Waals surface area (Å²) in [6.45, 7) is 2.14. The third-order valence-corrected chi connectivity index (χ3v) is 4.65. The molecule has 0 saturated heterocycles. The number of carboxylic acid groups (broad SMARTS) is 1. The summed E-state index contributed by atoms with van der Waals surface area (Å²) in [6.07, 6.45) is 32.3. The molecule has 1 aromatic carbocycles. The number of benzene rings is 1. The SMILES string of the molecule is CCC=CCC=CCC=CCC=CCC=CCC=CCCC(=O)Nc1ccc(O)c(C(=O)O)c1. The van der Waals surface area contributed by atoms with Crippen molar-refractivity contribution in [1.82, 2.24) is 0 Å². The second kappa shape index (κ2) is 18.9. The average Bonchev–Trinajstić information content (AvgIpc) is 2.81. The van der Waals surface area contributed by atoms with Crippen molar-refractivity contribution < 1.29 is 19.8 Å². The van der Waals surface area contributed by atoms with Crippen molar-refractivity contribution in [3.05, 3.63) is 96.7 Å². The number of amides is 1. The predicted octanol–water partition coefficient (Wildman–Crippen LogP) is 7.51. The Hall–Kier alpha value is -3.60. The van der Waals surface area contributed by atoms with Crippen LogP contribution in [0.1, 0.15) is 68.6 Å². The smallest absolute Gasteiger partial charge is 0.339 e. The molecular formula is C29H37NO4. The first-order chi connectivity index (χ1) is 16.5. The number of hydrogen-bond donors (Lipinski definition) is 3. The van der Waals surface area contributed by atoms with Gasteiger partial charge in [0.1, 0.15) is 11.3 Å². The quantitative estimate of drug-likeness (QED) is 0.175. The summed E-state index contributed by atoms with van der Waals surface area (Å²) in [7, 11) is 0. The van der Waals surface area contributed by atoms with E-state index >= 15 is 0 Å². The van der Waals surface area contributed by atoms with Crippen molar-refractivity contribution in [3.63, 3.8) is 0 Å². The van der Waals surface area contributed by atoms with E-state index in [1.165, 1.54) is 18.2 Å². The largest absolute Gasteiger partial charge is 0.507 e. The van der Waals surface area contributed by atoms with Gasteiger partial charge in [0, 0.05) is 12.1 Å². The van der Waals surface area contributed by atoms with Crippen molar-refractivity contribution in [3.8, 4) is 5.75 Å². The highest BCUT2D eigenvalue weighted by molar-refractivity contribution is 5.95. The van der Waals surface area contributed by atoms with Crippen molar-refractivity contribution in [1.29, 1.82) is 0 Å². The van der Waals surface area contributed by atoms with Gasteiger partial charge in [-0.1, -0.05) is 79.8 Å². The highest BCUT2D eigenvalue weighted by atomic mass is 16.4. The third kappa shape index (κ3) is 14.5. The molecule has 0 saturated carbocycles. The van der Waals surface area contributed by atoms with Gasteiger partial charge in [0.2, 0.25) is 5.91 Å². The van der Waals surface area contributed by atoms with Gasteiger partial charge in [0.25, 0.3) is 0 Å². The Balaban J connectivity index is 2.11. The number of allylic oxidation sites excluding steroid dienone is 12. The van der Waals surface area contributed by atoms with Gasteiger partial charge in [-0.05, 0) is 63.1 Å². The molecule has 3 N–H and O–H groups in total. The maximum atomic E-state index is 12.0. The van der Waals surface area contributed by atoms with Gasteiger partial charge >= 0.3 is 5.97 Å². The fraction of sp³-hybridized carbons (Fsp3) is 0.310. The van der Waals surface area contributed by atoms with Crippen molar-refractivity contribution in [2.45, 2.75) is 58.3 Å². The van der Waals surface area contributed by atoms with Gasteiger partial charge in [0.05, 0.1) is 0 Å². The van der Waals surface area contributed by atoms with E-state index < -0.39 is 5.97 Å². The highest BCUT2D eigenvalue weighted by Crippen LogP contribution is 2.21. The molecular weight excluding hydrogens is 426 g/mol. The first-order valence-corrected chi connectivity index (χ1v) is 11.8. The summed E-state index contributed by atoms with van der Waals surface area (Å²) in [4.78, 5) is 23.0. The summed E-state index contributed by atoms with van der Waals surface area (Å²) < 4.78 is 0. The highest BCUT2D eigenvalue weighted by Gasteiger charge is 2.11. The number of aromatic carboxylic acids is 1. The maximum Gasteiger partial charge on any atom is 0.339 e. The minimum absolute atomic E-state index is 0.207. The summed E-state index contributed by atoms with van der Waals surface area (Å²) >= 11 is 0. The second-order valence-corrected chi connectivity index (χ2v) is 7.54. The van der Waals surface area contributed by atoms with Gasteiger partial charge in [-0.2, -0.15) is 0 Å². The lowest BCUT2D eigenvalue weighted by Crippen LogP contribution is -2.11. The number of anilines is 1. The Labute approximate surface area is 203 Å². The molecule has 0 unspecified atom stereocenters. The number of nitrogens with one attached hydrogen (secondary N) is 1. The Morgan fingerprint density at radius 3 is 1.71 bits per heavy atom. The van der Waals surface area contributed by atoms with Crippen molar-refractivity contribution in [2.24, 2.45) is 0 Å². The molecule has 1 rings (SSSR count). The summed E-state index contributed by atoms with van der Waals surface area (Å²) in [5, 5.41) is 21.1. The van der Waals surface area contributed by atoms with E-state index in [9.17, 15) is 14.7 Å². The number of rotatable bonds is 16. The van der Waals surface area contributed by atoms with Gasteiger partial charge in [-0.3, -0.25) is 4.79 Å². The molecule has 0 radical (unpaired) electrons. The van der Waals surface area contributed by atoms with E-state index in [1.54, 1.807) is 0 Å². The van der Waals surface area contributed by atoms with Gasteiger partial charge in [0.15, 0.2) is 0 Å². The lowest BCUT2D eigenvalue weighted by molar-refractivity contribution is -0.116. The van der Waals surface area contributed by atoms with Crippen LogP contribution in [0.5, 0.6) is 5.75 Å². The van der Waals surface area contributed by atoms with Crippen LogP contribution in [0.3, 0.4) is 0 Å². The molecule has 1 amide bonds. The number of aromatic hydroxyl groups is 1. The minimum Gasteiger partial charge on any atom is -0.507 e. The minimum atomic E-state index is -1.24. The van der Waals surface area contributed by atoms with Gasteiger partial charge in [-0.25, -0.2) is 4.79 Å². The molecule has 0 aliphatic rings. The molecule has 0 heterocycles. The van der Waals surface area contributed by atoms with Crippen molar-refractivity contribution in [2.75, 3.05) is 5.32 Å². The molecule has 0 aromatic heterocycles. The summed E-state index contributed by atoms with van der Waals surface area (Å²) in [5.41, 5.74) is 0.109. The molecule has 0 spiro atoms. The zero-order valence-electron chi connectivity index (χ0n) is 20.0. The molecule has 5 heteroatoms. The first-order valence-electron chi connectivity index (χ1n) is 11.8. The van der Waals surface area contributed by atoms with Crippen LogP contribution in [-0.2, 0) is 4.79 Å². The van der Waals surface area contributed by atoms with Crippen LogP contribution >= 0.6 is 0 Å². The fourth-order valence-corrected chi connectivity index (χ4v) is 2.86. The lowest BCUT2D eigenvalue weighted by atomic mass is 10.1. The summed E-state index contributed by atoms with van der Waals surface area (Å²) in [5.74, 6) is -1.78. The average molecular weight is 464 g/mol. The van der Waals surface area contributed by atoms with E-state index in [0.29, 0.717) is 18.5 Å². The molecule has 0 bridgehead atoms. The molecule has 34 heavy (non-hydrogen) atoms. The molecule has 5 nitrogen and oxygen atoms in total. The molecule has 1 aromatic rings. The monoisotopic (exact) mass is 463 g/mol. The number of carboxylic acids is 1. The maximum absolute atomic E-state index is 12.0. The van der Waals surface area contributed by atoms with Crippen LogP contribution in [0.4, 0.5) is 5.69 Å². The molecule has 182 valence electrons. The van der Waals surface area contributed by atoms with E-state index in [-0.39, 0.29) is 17.2 Å². The first kappa shape index (κ1) is 28.4. The van der Waals surface area contributed by atoms with Crippen LogP contribution in [0, 0.1) is 0 Å².